The van der Waals surface area contributed by atoms with E-state index in [4.69, 9.17) is 0 Å². The molecule has 122 valence electrons. The lowest BCUT2D eigenvalue weighted by molar-refractivity contribution is 0.474. The summed E-state index contributed by atoms with van der Waals surface area (Å²) in [6.07, 6.45) is 7.88. The molecule has 0 spiro atoms. The van der Waals surface area contributed by atoms with E-state index in [-0.39, 0.29) is 5.75 Å². The fourth-order valence-electron chi connectivity index (χ4n) is 3.12. The zero-order chi connectivity index (χ0) is 16.5. The SMILES string of the molecule is Cc1ccc(O)c(/C=N\Nc2ncnc3sc4c(c23)CCCC4)c1. The Labute approximate surface area is 144 Å². The van der Waals surface area contributed by atoms with Crippen molar-refractivity contribution in [3.63, 3.8) is 0 Å². The molecular formula is C18H18N4OS. The molecule has 2 heterocycles. The number of aromatic nitrogens is 2. The number of thiophene rings is 1. The van der Waals surface area contributed by atoms with Crippen molar-refractivity contribution in [2.75, 3.05) is 5.43 Å². The maximum atomic E-state index is 9.89. The van der Waals surface area contributed by atoms with Gasteiger partial charge in [-0.15, -0.1) is 11.3 Å². The Morgan fingerprint density at radius 2 is 2.12 bits per heavy atom. The van der Waals surface area contributed by atoms with Gasteiger partial charge in [0.2, 0.25) is 0 Å². The number of benzene rings is 1. The Kier molecular flexibility index (Phi) is 3.90. The van der Waals surface area contributed by atoms with Crippen molar-refractivity contribution in [2.45, 2.75) is 32.6 Å². The maximum Gasteiger partial charge on any atom is 0.158 e. The third-order valence-corrected chi connectivity index (χ3v) is 5.51. The summed E-state index contributed by atoms with van der Waals surface area (Å²) in [7, 11) is 0. The largest absolute Gasteiger partial charge is 0.507 e. The topological polar surface area (TPSA) is 70.4 Å². The summed E-state index contributed by atoms with van der Waals surface area (Å²) in [5.41, 5.74) is 6.16. The molecule has 1 aliphatic carbocycles. The molecule has 0 unspecified atom stereocenters. The molecule has 4 rings (SSSR count). The smallest absolute Gasteiger partial charge is 0.158 e. The van der Waals surface area contributed by atoms with E-state index < -0.39 is 0 Å². The number of nitrogens with one attached hydrogen (secondary N) is 1. The number of nitrogens with zero attached hydrogens (tertiary/aromatic N) is 3. The molecule has 1 aromatic carbocycles. The predicted octanol–water partition coefficient (Wildman–Crippen LogP) is 4.03. The fraction of sp³-hybridized carbons (Fsp3) is 0.278. The van der Waals surface area contributed by atoms with Crippen LogP contribution in [-0.2, 0) is 12.8 Å². The number of rotatable bonds is 3. The van der Waals surface area contributed by atoms with Gasteiger partial charge in [0.05, 0.1) is 11.6 Å². The molecule has 0 fully saturated rings. The van der Waals surface area contributed by atoms with E-state index in [2.05, 4.69) is 20.5 Å². The second kappa shape index (κ2) is 6.20. The summed E-state index contributed by atoms with van der Waals surface area (Å²) < 4.78 is 0. The first-order valence-electron chi connectivity index (χ1n) is 8.06. The van der Waals surface area contributed by atoms with Crippen molar-refractivity contribution in [3.05, 3.63) is 46.1 Å². The zero-order valence-electron chi connectivity index (χ0n) is 13.4. The summed E-state index contributed by atoms with van der Waals surface area (Å²) >= 11 is 1.77. The fourth-order valence-corrected chi connectivity index (χ4v) is 4.34. The molecule has 6 heteroatoms. The van der Waals surface area contributed by atoms with E-state index >= 15 is 0 Å². The Balaban J connectivity index is 1.66. The van der Waals surface area contributed by atoms with E-state index in [1.165, 1.54) is 23.3 Å². The van der Waals surface area contributed by atoms with Crippen LogP contribution < -0.4 is 5.43 Å². The van der Waals surface area contributed by atoms with E-state index in [0.717, 1.165) is 34.4 Å². The van der Waals surface area contributed by atoms with Crippen molar-refractivity contribution >= 4 is 33.6 Å². The van der Waals surface area contributed by atoms with Crippen molar-refractivity contribution < 1.29 is 5.11 Å². The zero-order valence-corrected chi connectivity index (χ0v) is 14.2. The Morgan fingerprint density at radius 3 is 3.04 bits per heavy atom. The molecule has 1 aliphatic rings. The minimum Gasteiger partial charge on any atom is -0.507 e. The molecule has 5 nitrogen and oxygen atoms in total. The molecule has 2 N–H and O–H groups in total. The number of phenolic OH excluding ortho intramolecular Hbond substituents is 1. The lowest BCUT2D eigenvalue weighted by atomic mass is 9.97. The third-order valence-electron chi connectivity index (χ3n) is 4.31. The van der Waals surface area contributed by atoms with Crippen LogP contribution in [0.5, 0.6) is 5.75 Å². The highest BCUT2D eigenvalue weighted by Crippen LogP contribution is 2.38. The van der Waals surface area contributed by atoms with E-state index in [9.17, 15) is 5.11 Å². The quantitative estimate of drug-likeness (QED) is 0.559. The molecular weight excluding hydrogens is 320 g/mol. The summed E-state index contributed by atoms with van der Waals surface area (Å²) in [4.78, 5) is 11.2. The highest BCUT2D eigenvalue weighted by atomic mass is 32.1. The number of aromatic hydroxyl groups is 1. The lowest BCUT2D eigenvalue weighted by Gasteiger charge is -2.11. The first kappa shape index (κ1) is 15.1. The number of phenols is 1. The van der Waals surface area contributed by atoms with E-state index in [0.29, 0.717) is 5.56 Å². The van der Waals surface area contributed by atoms with Crippen LogP contribution in [0.4, 0.5) is 5.82 Å². The molecule has 0 amide bonds. The molecule has 0 radical (unpaired) electrons. The van der Waals surface area contributed by atoms with Gasteiger partial charge in [0.25, 0.3) is 0 Å². The molecule has 0 atom stereocenters. The molecule has 24 heavy (non-hydrogen) atoms. The normalized spacial score (nSPS) is 14.2. The summed E-state index contributed by atoms with van der Waals surface area (Å²) in [6.45, 7) is 1.98. The van der Waals surface area contributed by atoms with Gasteiger partial charge in [0.15, 0.2) is 5.82 Å². The average Bonchev–Trinajstić information content (AvgIpc) is 2.97. The van der Waals surface area contributed by atoms with Crippen molar-refractivity contribution in [1.29, 1.82) is 0 Å². The average molecular weight is 338 g/mol. The second-order valence-corrected chi connectivity index (χ2v) is 7.13. The number of fused-ring (bicyclic) bond motifs is 3. The number of aryl methyl sites for hydroxylation is 3. The lowest BCUT2D eigenvalue weighted by Crippen LogP contribution is -2.01. The van der Waals surface area contributed by atoms with Crippen LogP contribution in [0.1, 0.15) is 34.4 Å². The number of hydrazone groups is 1. The molecule has 0 saturated heterocycles. The Bertz CT molecular complexity index is 932. The van der Waals surface area contributed by atoms with Crippen molar-refractivity contribution in [1.82, 2.24) is 9.97 Å². The van der Waals surface area contributed by atoms with Crippen molar-refractivity contribution in [2.24, 2.45) is 5.10 Å². The first-order chi connectivity index (χ1) is 11.7. The van der Waals surface area contributed by atoms with Gasteiger partial charge in [-0.05, 0) is 50.3 Å². The van der Waals surface area contributed by atoms with Crippen LogP contribution in [0.3, 0.4) is 0 Å². The maximum absolute atomic E-state index is 9.89. The molecule has 3 aromatic rings. The first-order valence-corrected chi connectivity index (χ1v) is 8.88. The highest BCUT2D eigenvalue weighted by Gasteiger charge is 2.19. The molecule has 0 saturated carbocycles. The van der Waals surface area contributed by atoms with Crippen LogP contribution in [0, 0.1) is 6.92 Å². The van der Waals surface area contributed by atoms with Gasteiger partial charge in [-0.2, -0.15) is 5.10 Å². The number of hydrogen-bond acceptors (Lipinski definition) is 6. The minimum absolute atomic E-state index is 0.215. The van der Waals surface area contributed by atoms with Crippen LogP contribution in [-0.4, -0.2) is 21.3 Å². The van der Waals surface area contributed by atoms with Crippen LogP contribution in [0.2, 0.25) is 0 Å². The monoisotopic (exact) mass is 338 g/mol. The van der Waals surface area contributed by atoms with Crippen LogP contribution in [0.15, 0.2) is 29.6 Å². The molecule has 0 bridgehead atoms. The van der Waals surface area contributed by atoms with Gasteiger partial charge in [0.1, 0.15) is 16.9 Å². The van der Waals surface area contributed by atoms with Crippen LogP contribution >= 0.6 is 11.3 Å². The van der Waals surface area contributed by atoms with E-state index in [1.54, 1.807) is 29.9 Å². The number of hydrogen-bond donors (Lipinski definition) is 2. The summed E-state index contributed by atoms with van der Waals surface area (Å²) in [5, 5.41) is 15.3. The Hall–Kier alpha value is -2.47. The molecule has 0 aliphatic heterocycles. The number of anilines is 1. The van der Waals surface area contributed by atoms with Crippen molar-refractivity contribution in [3.8, 4) is 5.75 Å². The van der Waals surface area contributed by atoms with Gasteiger partial charge >= 0.3 is 0 Å². The van der Waals surface area contributed by atoms with Gasteiger partial charge in [0, 0.05) is 10.4 Å². The minimum atomic E-state index is 0.215. The third kappa shape index (κ3) is 2.73. The predicted molar refractivity (Wildman–Crippen MR) is 98.1 cm³/mol. The highest BCUT2D eigenvalue weighted by molar-refractivity contribution is 7.19. The van der Waals surface area contributed by atoms with Gasteiger partial charge in [-0.1, -0.05) is 11.6 Å². The summed E-state index contributed by atoms with van der Waals surface area (Å²) in [6, 6.07) is 5.43. The standard InChI is InChI=1S/C18H18N4OS/c1-11-6-7-14(23)12(8-11)9-21-22-17-16-13-4-2-3-5-15(13)24-18(16)20-10-19-17/h6-10,23H,2-5H2,1H3,(H,19,20,22)/b21-9-. The van der Waals surface area contributed by atoms with Crippen LogP contribution in [0.25, 0.3) is 10.2 Å². The van der Waals surface area contributed by atoms with E-state index in [1.807, 2.05) is 19.1 Å². The summed E-state index contributed by atoms with van der Waals surface area (Å²) in [5.74, 6) is 0.953. The van der Waals surface area contributed by atoms with Gasteiger partial charge < -0.3 is 5.11 Å². The second-order valence-electron chi connectivity index (χ2n) is 6.05. The molecule has 2 aromatic heterocycles. The van der Waals surface area contributed by atoms with Gasteiger partial charge in [-0.3, -0.25) is 5.43 Å². The van der Waals surface area contributed by atoms with Gasteiger partial charge in [-0.25, -0.2) is 9.97 Å². The Morgan fingerprint density at radius 1 is 1.25 bits per heavy atom.